The quantitative estimate of drug-likeness (QED) is 0.892. The molecule has 0 radical (unpaired) electrons. The Hall–Kier alpha value is -1.95. The Morgan fingerprint density at radius 1 is 1.42 bits per heavy atom. The summed E-state index contributed by atoms with van der Waals surface area (Å²) < 4.78 is 13.7. The van der Waals surface area contributed by atoms with Crippen LogP contribution in [0, 0.1) is 12.7 Å². The number of nitrogens with two attached hydrogens (primary N) is 1. The Kier molecular flexibility index (Phi) is 3.80. The molecule has 1 heterocycles. The number of halogens is 2. The van der Waals surface area contributed by atoms with E-state index in [1.807, 2.05) is 0 Å². The van der Waals surface area contributed by atoms with Crippen molar-refractivity contribution in [3.63, 3.8) is 0 Å². The Morgan fingerprint density at radius 3 is 2.84 bits per heavy atom. The molecular weight excluding hydrogens is 313 g/mol. The lowest BCUT2D eigenvalue weighted by atomic mass is 10.2. The van der Waals surface area contributed by atoms with Gasteiger partial charge < -0.3 is 11.1 Å². The molecule has 0 saturated carbocycles. The van der Waals surface area contributed by atoms with Crippen molar-refractivity contribution in [1.29, 1.82) is 0 Å². The second-order valence-corrected chi connectivity index (χ2v) is 4.85. The van der Waals surface area contributed by atoms with E-state index in [0.29, 0.717) is 15.8 Å². The van der Waals surface area contributed by atoms with E-state index in [-0.39, 0.29) is 5.56 Å². The number of aromatic nitrogens is 1. The van der Waals surface area contributed by atoms with Gasteiger partial charge in [-0.05, 0) is 47.1 Å². The number of carbonyl (C=O) groups is 1. The third kappa shape index (κ3) is 3.08. The minimum atomic E-state index is -0.437. The molecule has 1 aromatic heterocycles. The van der Waals surface area contributed by atoms with E-state index in [0.717, 1.165) is 5.69 Å². The lowest BCUT2D eigenvalue weighted by Gasteiger charge is -2.09. The number of carbonyl (C=O) groups excluding carboxylic acids is 1. The summed E-state index contributed by atoms with van der Waals surface area (Å²) in [6.45, 7) is 1.78. The SMILES string of the molecule is Cc1cc(N)c(C(=O)Nc2cc(F)ccc2Br)cn1. The van der Waals surface area contributed by atoms with Gasteiger partial charge in [-0.15, -0.1) is 0 Å². The van der Waals surface area contributed by atoms with E-state index in [9.17, 15) is 9.18 Å². The first kappa shape index (κ1) is 13.5. The molecule has 0 aliphatic heterocycles. The molecule has 0 saturated heterocycles. The number of hydrogen-bond acceptors (Lipinski definition) is 3. The van der Waals surface area contributed by atoms with Gasteiger partial charge >= 0.3 is 0 Å². The van der Waals surface area contributed by atoms with Crippen LogP contribution >= 0.6 is 15.9 Å². The summed E-state index contributed by atoms with van der Waals surface area (Å²) in [6, 6.07) is 5.64. The van der Waals surface area contributed by atoms with E-state index < -0.39 is 11.7 Å². The summed E-state index contributed by atoms with van der Waals surface area (Å²) in [5.41, 5.74) is 7.40. The van der Waals surface area contributed by atoms with Crippen molar-refractivity contribution < 1.29 is 9.18 Å². The molecule has 2 aromatic rings. The van der Waals surface area contributed by atoms with Gasteiger partial charge in [-0.25, -0.2) is 4.39 Å². The number of pyridine rings is 1. The molecule has 3 N–H and O–H groups in total. The Labute approximate surface area is 118 Å². The molecule has 0 atom stereocenters. The molecule has 98 valence electrons. The number of nitrogens with one attached hydrogen (secondary N) is 1. The maximum Gasteiger partial charge on any atom is 0.259 e. The highest BCUT2D eigenvalue weighted by Crippen LogP contribution is 2.24. The lowest BCUT2D eigenvalue weighted by Crippen LogP contribution is -2.15. The smallest absolute Gasteiger partial charge is 0.259 e. The third-order valence-electron chi connectivity index (χ3n) is 2.49. The van der Waals surface area contributed by atoms with Crippen LogP contribution in [0.25, 0.3) is 0 Å². The largest absolute Gasteiger partial charge is 0.398 e. The predicted molar refractivity (Wildman–Crippen MR) is 75.4 cm³/mol. The van der Waals surface area contributed by atoms with E-state index in [1.54, 1.807) is 13.0 Å². The number of amides is 1. The van der Waals surface area contributed by atoms with Crippen molar-refractivity contribution in [2.24, 2.45) is 0 Å². The van der Waals surface area contributed by atoms with E-state index in [1.165, 1.54) is 24.4 Å². The second-order valence-electron chi connectivity index (χ2n) is 3.99. The first-order chi connectivity index (χ1) is 8.97. The minimum Gasteiger partial charge on any atom is -0.398 e. The normalized spacial score (nSPS) is 10.3. The van der Waals surface area contributed by atoms with Crippen LogP contribution in [-0.4, -0.2) is 10.9 Å². The highest BCUT2D eigenvalue weighted by Gasteiger charge is 2.12. The van der Waals surface area contributed by atoms with Gasteiger partial charge in [-0.3, -0.25) is 9.78 Å². The van der Waals surface area contributed by atoms with E-state index in [4.69, 9.17) is 5.73 Å². The molecule has 0 aliphatic carbocycles. The van der Waals surface area contributed by atoms with Crippen LogP contribution in [0.15, 0.2) is 34.9 Å². The zero-order chi connectivity index (χ0) is 14.0. The summed E-state index contributed by atoms with van der Waals surface area (Å²) in [6.07, 6.45) is 1.40. The zero-order valence-corrected chi connectivity index (χ0v) is 11.7. The van der Waals surface area contributed by atoms with Gasteiger partial charge in [0.05, 0.1) is 11.3 Å². The molecule has 0 aliphatic rings. The van der Waals surface area contributed by atoms with Crippen LogP contribution in [0.4, 0.5) is 15.8 Å². The lowest BCUT2D eigenvalue weighted by molar-refractivity contribution is 0.102. The highest BCUT2D eigenvalue weighted by molar-refractivity contribution is 9.10. The van der Waals surface area contributed by atoms with Gasteiger partial charge in [0.25, 0.3) is 5.91 Å². The summed E-state index contributed by atoms with van der Waals surface area (Å²) in [7, 11) is 0. The molecule has 0 bridgehead atoms. The van der Waals surface area contributed by atoms with Crippen LogP contribution in [0.3, 0.4) is 0 Å². The fourth-order valence-electron chi connectivity index (χ4n) is 1.55. The van der Waals surface area contributed by atoms with Gasteiger partial charge in [0.15, 0.2) is 0 Å². The van der Waals surface area contributed by atoms with E-state index >= 15 is 0 Å². The second kappa shape index (κ2) is 5.36. The van der Waals surface area contributed by atoms with Crippen LogP contribution in [-0.2, 0) is 0 Å². The van der Waals surface area contributed by atoms with Crippen molar-refractivity contribution in [3.8, 4) is 0 Å². The highest BCUT2D eigenvalue weighted by atomic mass is 79.9. The molecular formula is C13H11BrFN3O. The molecule has 0 spiro atoms. The van der Waals surface area contributed by atoms with Crippen LogP contribution < -0.4 is 11.1 Å². The Balaban J connectivity index is 2.28. The van der Waals surface area contributed by atoms with Gasteiger partial charge in [0.2, 0.25) is 0 Å². The Morgan fingerprint density at radius 2 is 2.16 bits per heavy atom. The molecule has 4 nitrogen and oxygen atoms in total. The molecule has 1 aromatic carbocycles. The van der Waals surface area contributed by atoms with Crippen molar-refractivity contribution in [2.75, 3.05) is 11.1 Å². The first-order valence-corrected chi connectivity index (χ1v) is 6.25. The fourth-order valence-corrected chi connectivity index (χ4v) is 1.90. The zero-order valence-electron chi connectivity index (χ0n) is 10.1. The number of aryl methyl sites for hydroxylation is 1. The van der Waals surface area contributed by atoms with Gasteiger partial charge in [-0.2, -0.15) is 0 Å². The molecule has 2 rings (SSSR count). The molecule has 1 amide bonds. The first-order valence-electron chi connectivity index (χ1n) is 5.46. The Bertz CT molecular complexity index is 646. The van der Waals surface area contributed by atoms with Crippen molar-refractivity contribution in [2.45, 2.75) is 6.92 Å². The fraction of sp³-hybridized carbons (Fsp3) is 0.0769. The number of nitrogen functional groups attached to an aromatic ring is 1. The van der Waals surface area contributed by atoms with Gasteiger partial charge in [0.1, 0.15) is 5.82 Å². The van der Waals surface area contributed by atoms with Crippen LogP contribution in [0.5, 0.6) is 0 Å². The molecule has 19 heavy (non-hydrogen) atoms. The monoisotopic (exact) mass is 323 g/mol. The number of benzene rings is 1. The van der Waals surface area contributed by atoms with Crippen molar-refractivity contribution in [3.05, 3.63) is 52.0 Å². The average molecular weight is 324 g/mol. The summed E-state index contributed by atoms with van der Waals surface area (Å²) >= 11 is 3.23. The number of anilines is 2. The van der Waals surface area contributed by atoms with Gasteiger partial charge in [0, 0.05) is 22.1 Å². The maximum absolute atomic E-state index is 13.1. The maximum atomic E-state index is 13.1. The number of nitrogens with zero attached hydrogens (tertiary/aromatic N) is 1. The van der Waals surface area contributed by atoms with Crippen LogP contribution in [0.2, 0.25) is 0 Å². The summed E-state index contributed by atoms with van der Waals surface area (Å²) in [5, 5.41) is 2.58. The van der Waals surface area contributed by atoms with Crippen molar-refractivity contribution >= 4 is 33.2 Å². The number of hydrogen-bond donors (Lipinski definition) is 2. The summed E-state index contributed by atoms with van der Waals surface area (Å²) in [5.74, 6) is -0.871. The van der Waals surface area contributed by atoms with Crippen molar-refractivity contribution in [1.82, 2.24) is 4.98 Å². The predicted octanol–water partition coefficient (Wildman–Crippen LogP) is 3.13. The number of rotatable bonds is 2. The van der Waals surface area contributed by atoms with Crippen LogP contribution in [0.1, 0.15) is 16.1 Å². The van der Waals surface area contributed by atoms with Gasteiger partial charge in [-0.1, -0.05) is 0 Å². The molecule has 0 fully saturated rings. The minimum absolute atomic E-state index is 0.252. The molecule has 0 unspecified atom stereocenters. The summed E-state index contributed by atoms with van der Waals surface area (Å²) in [4.78, 5) is 16.1. The van der Waals surface area contributed by atoms with E-state index in [2.05, 4.69) is 26.2 Å². The average Bonchev–Trinajstić information content (AvgIpc) is 2.33. The standard InChI is InChI=1S/C13H11BrFN3O/c1-7-4-11(16)9(6-17-7)13(19)18-12-5-8(15)2-3-10(12)14/h2-6H,1H3,(H2,16,17)(H,18,19). The molecule has 6 heteroatoms. The third-order valence-corrected chi connectivity index (χ3v) is 3.19. The topological polar surface area (TPSA) is 68.0 Å².